The van der Waals surface area contributed by atoms with E-state index in [1.165, 1.54) is 0 Å². The first-order valence-corrected chi connectivity index (χ1v) is 7.81. The number of halogens is 3. The van der Waals surface area contributed by atoms with Gasteiger partial charge in [0, 0.05) is 17.5 Å². The van der Waals surface area contributed by atoms with E-state index in [0.29, 0.717) is 18.9 Å². The second-order valence-electron chi connectivity index (χ2n) is 4.53. The Bertz CT molecular complexity index is 551. The number of rotatable bonds is 6. The first-order valence-electron chi connectivity index (χ1n) is 5.79. The summed E-state index contributed by atoms with van der Waals surface area (Å²) in [5.41, 5.74) is -0.762. The lowest BCUT2D eigenvalue weighted by Crippen LogP contribution is -2.45. The summed E-state index contributed by atoms with van der Waals surface area (Å²) in [7, 11) is -4.05. The lowest BCUT2D eigenvalue weighted by molar-refractivity contribution is 0.389. The Hall–Kier alpha value is -0.720. The van der Waals surface area contributed by atoms with Gasteiger partial charge in [0.25, 0.3) is 0 Å². The fraction of sp³-hybridized carbons (Fsp3) is 0.500. The van der Waals surface area contributed by atoms with Crippen molar-refractivity contribution >= 4 is 21.6 Å². The number of hydrogen-bond donors (Lipinski definition) is 1. The van der Waals surface area contributed by atoms with Crippen LogP contribution < -0.4 is 4.72 Å². The maximum Gasteiger partial charge on any atom is 0.243 e. The Morgan fingerprint density at radius 2 is 2.00 bits per heavy atom. The lowest BCUT2D eigenvalue weighted by atomic mass is 9.97. The van der Waals surface area contributed by atoms with Crippen LogP contribution in [0.5, 0.6) is 0 Å². The van der Waals surface area contributed by atoms with Crippen LogP contribution in [0.3, 0.4) is 0 Å². The number of hydrogen-bond acceptors (Lipinski definition) is 2. The largest absolute Gasteiger partial charge is 0.243 e. The molecule has 0 amide bonds. The average molecular weight is 312 g/mol. The molecule has 1 aromatic rings. The quantitative estimate of drug-likeness (QED) is 0.821. The Morgan fingerprint density at radius 3 is 2.47 bits per heavy atom. The monoisotopic (exact) mass is 311 g/mol. The van der Waals surface area contributed by atoms with E-state index in [4.69, 9.17) is 11.6 Å². The van der Waals surface area contributed by atoms with Gasteiger partial charge in [-0.15, -0.1) is 11.6 Å². The lowest BCUT2D eigenvalue weighted by Gasteiger charge is -2.28. The van der Waals surface area contributed by atoms with Crippen molar-refractivity contribution in [2.45, 2.75) is 37.1 Å². The van der Waals surface area contributed by atoms with Crippen molar-refractivity contribution in [2.75, 3.05) is 5.88 Å². The molecule has 0 bridgehead atoms. The van der Waals surface area contributed by atoms with E-state index in [-0.39, 0.29) is 5.88 Å². The first-order chi connectivity index (χ1) is 8.74. The minimum Gasteiger partial charge on any atom is -0.207 e. The third-order valence-corrected chi connectivity index (χ3v) is 4.85. The van der Waals surface area contributed by atoms with Crippen LogP contribution in [0.4, 0.5) is 8.78 Å². The van der Waals surface area contributed by atoms with Gasteiger partial charge in [-0.2, -0.15) is 0 Å². The summed E-state index contributed by atoms with van der Waals surface area (Å²) in [4.78, 5) is -0.567. The van der Waals surface area contributed by atoms with Gasteiger partial charge in [0.05, 0.1) is 0 Å². The molecule has 0 heterocycles. The molecule has 0 saturated heterocycles. The molecule has 0 aliphatic rings. The van der Waals surface area contributed by atoms with Gasteiger partial charge in [-0.05, 0) is 31.9 Å². The zero-order valence-corrected chi connectivity index (χ0v) is 12.3. The fourth-order valence-corrected chi connectivity index (χ4v) is 3.57. The predicted octanol–water partition coefficient (Wildman–Crippen LogP) is 3.04. The zero-order valence-electron chi connectivity index (χ0n) is 10.7. The van der Waals surface area contributed by atoms with Crippen LogP contribution >= 0.6 is 11.6 Å². The summed E-state index contributed by atoms with van der Waals surface area (Å²) in [6, 6.07) is 2.35. The fourth-order valence-electron chi connectivity index (χ4n) is 1.58. The second kappa shape index (κ2) is 6.15. The Kier molecular flexibility index (Phi) is 5.29. The molecule has 0 aliphatic carbocycles. The minimum atomic E-state index is -4.05. The number of alkyl halides is 1. The van der Waals surface area contributed by atoms with Crippen molar-refractivity contribution < 1.29 is 17.2 Å². The topological polar surface area (TPSA) is 46.2 Å². The highest BCUT2D eigenvalue weighted by Gasteiger charge is 2.30. The van der Waals surface area contributed by atoms with E-state index < -0.39 is 32.1 Å². The molecule has 1 N–H and O–H groups in total. The summed E-state index contributed by atoms with van der Waals surface area (Å²) in [5, 5.41) is 0. The van der Waals surface area contributed by atoms with Crippen LogP contribution in [0.15, 0.2) is 23.1 Å². The molecule has 108 valence electrons. The molecule has 1 atom stereocenters. The number of benzene rings is 1. The van der Waals surface area contributed by atoms with Gasteiger partial charge in [0.15, 0.2) is 0 Å². The molecule has 0 aliphatic heterocycles. The maximum absolute atomic E-state index is 13.5. The summed E-state index contributed by atoms with van der Waals surface area (Å²) < 4.78 is 52.9. The summed E-state index contributed by atoms with van der Waals surface area (Å²) in [6.07, 6.45) is 0.912. The van der Waals surface area contributed by atoms with Crippen LogP contribution in [-0.4, -0.2) is 19.8 Å². The Labute approximate surface area is 117 Å². The summed E-state index contributed by atoms with van der Waals surface area (Å²) in [6.45, 7) is 3.49. The van der Waals surface area contributed by atoms with E-state index in [2.05, 4.69) is 4.72 Å². The van der Waals surface area contributed by atoms with Gasteiger partial charge in [-0.3, -0.25) is 0 Å². The molecule has 1 aromatic carbocycles. The summed E-state index contributed by atoms with van der Waals surface area (Å²) >= 11 is 5.63. The average Bonchev–Trinajstić information content (AvgIpc) is 2.27. The highest BCUT2D eigenvalue weighted by molar-refractivity contribution is 7.89. The SMILES string of the molecule is CCC(C)(CCCl)NS(=O)(=O)c1ccc(F)cc1F. The smallest absolute Gasteiger partial charge is 0.207 e. The van der Waals surface area contributed by atoms with Crippen molar-refractivity contribution in [3.8, 4) is 0 Å². The number of nitrogens with one attached hydrogen (secondary N) is 1. The van der Waals surface area contributed by atoms with Crippen LogP contribution in [0, 0.1) is 11.6 Å². The molecule has 1 rings (SSSR count). The second-order valence-corrected chi connectivity index (χ2v) is 6.56. The molecule has 0 saturated carbocycles. The zero-order chi connectivity index (χ0) is 14.7. The van der Waals surface area contributed by atoms with Gasteiger partial charge in [-0.1, -0.05) is 6.92 Å². The highest BCUT2D eigenvalue weighted by atomic mass is 35.5. The normalized spacial score (nSPS) is 15.2. The molecule has 7 heteroatoms. The van der Waals surface area contributed by atoms with Gasteiger partial charge in [0.2, 0.25) is 10.0 Å². The van der Waals surface area contributed by atoms with Crippen LogP contribution in [0.2, 0.25) is 0 Å². The molecule has 0 spiro atoms. The van der Waals surface area contributed by atoms with Crippen molar-refractivity contribution in [3.63, 3.8) is 0 Å². The van der Waals surface area contributed by atoms with Gasteiger partial charge < -0.3 is 0 Å². The molecule has 0 fully saturated rings. The van der Waals surface area contributed by atoms with Gasteiger partial charge >= 0.3 is 0 Å². The van der Waals surface area contributed by atoms with Gasteiger partial charge in [-0.25, -0.2) is 21.9 Å². The van der Waals surface area contributed by atoms with Crippen molar-refractivity contribution in [2.24, 2.45) is 0 Å². The van der Waals surface area contributed by atoms with E-state index in [0.717, 1.165) is 12.1 Å². The van der Waals surface area contributed by atoms with E-state index in [9.17, 15) is 17.2 Å². The van der Waals surface area contributed by atoms with Gasteiger partial charge in [0.1, 0.15) is 16.5 Å². The Balaban J connectivity index is 3.10. The van der Waals surface area contributed by atoms with E-state index >= 15 is 0 Å². The minimum absolute atomic E-state index is 0.277. The molecule has 19 heavy (non-hydrogen) atoms. The first kappa shape index (κ1) is 16.3. The van der Waals surface area contributed by atoms with Crippen molar-refractivity contribution in [1.82, 2.24) is 4.72 Å². The molecule has 1 unspecified atom stereocenters. The van der Waals surface area contributed by atoms with Crippen LogP contribution in [-0.2, 0) is 10.0 Å². The third kappa shape index (κ3) is 4.12. The summed E-state index contributed by atoms with van der Waals surface area (Å²) in [5.74, 6) is -1.66. The maximum atomic E-state index is 13.5. The van der Waals surface area contributed by atoms with Crippen LogP contribution in [0.25, 0.3) is 0 Å². The molecule has 0 aromatic heterocycles. The van der Waals surface area contributed by atoms with Crippen molar-refractivity contribution in [1.29, 1.82) is 0 Å². The molecular weight excluding hydrogens is 296 g/mol. The van der Waals surface area contributed by atoms with E-state index in [1.54, 1.807) is 13.8 Å². The highest BCUT2D eigenvalue weighted by Crippen LogP contribution is 2.22. The van der Waals surface area contributed by atoms with E-state index in [1.807, 2.05) is 0 Å². The standard InChI is InChI=1S/C12H16ClF2NO2S/c1-3-12(2,6-7-13)16-19(17,18)11-5-4-9(14)8-10(11)15/h4-5,8,16H,3,6-7H2,1-2H3. The molecule has 0 radical (unpaired) electrons. The molecular formula is C12H16ClF2NO2S. The third-order valence-electron chi connectivity index (χ3n) is 2.99. The number of sulfonamides is 1. The molecule has 3 nitrogen and oxygen atoms in total. The van der Waals surface area contributed by atoms with Crippen molar-refractivity contribution in [3.05, 3.63) is 29.8 Å². The predicted molar refractivity (Wildman–Crippen MR) is 70.7 cm³/mol. The van der Waals surface area contributed by atoms with Crippen LogP contribution in [0.1, 0.15) is 26.7 Å². The Morgan fingerprint density at radius 1 is 1.37 bits per heavy atom.